The second-order valence-electron chi connectivity index (χ2n) is 5.97. The van der Waals surface area contributed by atoms with E-state index in [0.717, 1.165) is 12.1 Å². The monoisotopic (exact) mass is 413 g/mol. The van der Waals surface area contributed by atoms with Crippen LogP contribution in [0.25, 0.3) is 22.2 Å². The van der Waals surface area contributed by atoms with Gasteiger partial charge in [0.25, 0.3) is 6.43 Å². The van der Waals surface area contributed by atoms with Crippen LogP contribution in [0.1, 0.15) is 23.8 Å². The van der Waals surface area contributed by atoms with Crippen molar-refractivity contribution in [2.45, 2.75) is 19.1 Å². The quantitative estimate of drug-likeness (QED) is 0.457. The van der Waals surface area contributed by atoms with Gasteiger partial charge in [0.1, 0.15) is 17.9 Å². The summed E-state index contributed by atoms with van der Waals surface area (Å²) in [4.78, 5) is 4.15. The second kappa shape index (κ2) is 6.87. The van der Waals surface area contributed by atoms with E-state index in [4.69, 9.17) is 0 Å². The van der Waals surface area contributed by atoms with E-state index in [2.05, 4.69) is 24.7 Å². The zero-order valence-corrected chi connectivity index (χ0v) is 14.2. The van der Waals surface area contributed by atoms with Gasteiger partial charge in [0.05, 0.1) is 17.3 Å². The van der Waals surface area contributed by atoms with Crippen LogP contribution in [0, 0.1) is 5.82 Å². The van der Waals surface area contributed by atoms with Crippen LogP contribution in [-0.2, 0) is 12.7 Å². The first kappa shape index (κ1) is 18.9. The number of pyridine rings is 1. The molecule has 12 heteroatoms. The molecule has 4 aromatic rings. The SMILES string of the molecule is Fc1ccc(-c2cnc3cnn(Cc4nnc(C(F)(F)F)o4)c3c2)cc1C(F)F. The summed E-state index contributed by atoms with van der Waals surface area (Å²) in [6.45, 7) is -0.261. The molecule has 4 rings (SSSR count). The van der Waals surface area contributed by atoms with Crippen LogP contribution in [0.3, 0.4) is 0 Å². The predicted octanol–water partition coefficient (Wildman–Crippen LogP) is 4.63. The van der Waals surface area contributed by atoms with Gasteiger partial charge in [-0.2, -0.15) is 18.3 Å². The average Bonchev–Trinajstić information content (AvgIpc) is 3.29. The van der Waals surface area contributed by atoms with Crippen molar-refractivity contribution in [1.82, 2.24) is 25.0 Å². The van der Waals surface area contributed by atoms with Crippen molar-refractivity contribution in [2.24, 2.45) is 0 Å². The average molecular weight is 413 g/mol. The van der Waals surface area contributed by atoms with Crippen molar-refractivity contribution in [1.29, 1.82) is 0 Å². The maximum atomic E-state index is 13.5. The Balaban J connectivity index is 1.70. The Hall–Kier alpha value is -3.44. The van der Waals surface area contributed by atoms with E-state index in [-0.39, 0.29) is 12.4 Å². The molecule has 3 aromatic heterocycles. The van der Waals surface area contributed by atoms with Crippen molar-refractivity contribution in [3.8, 4) is 11.1 Å². The van der Waals surface area contributed by atoms with Gasteiger partial charge in [-0.15, -0.1) is 10.2 Å². The van der Waals surface area contributed by atoms with Crippen molar-refractivity contribution >= 4 is 11.0 Å². The molecule has 1 aromatic carbocycles. The molecule has 0 spiro atoms. The van der Waals surface area contributed by atoms with E-state index < -0.39 is 29.9 Å². The number of rotatable bonds is 4. The van der Waals surface area contributed by atoms with E-state index in [1.165, 1.54) is 23.1 Å². The van der Waals surface area contributed by atoms with Crippen LogP contribution in [0.5, 0.6) is 0 Å². The molecule has 0 aliphatic rings. The highest BCUT2D eigenvalue weighted by Crippen LogP contribution is 2.30. The molecule has 0 fully saturated rings. The first-order chi connectivity index (χ1) is 13.7. The van der Waals surface area contributed by atoms with E-state index in [0.29, 0.717) is 22.2 Å². The van der Waals surface area contributed by atoms with Crippen LogP contribution in [-0.4, -0.2) is 25.0 Å². The number of benzene rings is 1. The lowest BCUT2D eigenvalue weighted by atomic mass is 10.0. The molecule has 0 N–H and O–H groups in total. The Morgan fingerprint density at radius 3 is 2.52 bits per heavy atom. The standard InChI is InChI=1S/C17H9F6N5O/c18-11-2-1-8(3-10(11)15(19)20)9-4-13-12(24-5-9)6-25-28(13)7-14-26-27-16(29-14)17(21,22)23/h1-6,15H,7H2. The molecule has 0 aliphatic carbocycles. The molecule has 0 saturated carbocycles. The molecular formula is C17H9F6N5O. The summed E-state index contributed by atoms with van der Waals surface area (Å²) < 4.78 is 83.0. The number of fused-ring (bicyclic) bond motifs is 1. The predicted molar refractivity (Wildman–Crippen MR) is 86.3 cm³/mol. The summed E-state index contributed by atoms with van der Waals surface area (Å²) in [6.07, 6.45) is -4.99. The van der Waals surface area contributed by atoms with E-state index in [1.54, 1.807) is 6.07 Å². The molecule has 3 heterocycles. The molecule has 150 valence electrons. The van der Waals surface area contributed by atoms with Gasteiger partial charge in [0, 0.05) is 11.8 Å². The van der Waals surface area contributed by atoms with Crippen LogP contribution >= 0.6 is 0 Å². The number of aromatic nitrogens is 5. The molecule has 6 nitrogen and oxygen atoms in total. The molecular weight excluding hydrogens is 404 g/mol. The number of halogens is 6. The third-order valence-electron chi connectivity index (χ3n) is 4.05. The van der Waals surface area contributed by atoms with E-state index in [9.17, 15) is 26.3 Å². The van der Waals surface area contributed by atoms with E-state index in [1.807, 2.05) is 0 Å². The number of nitrogens with zero attached hydrogens (tertiary/aromatic N) is 5. The zero-order chi connectivity index (χ0) is 20.8. The van der Waals surface area contributed by atoms with Crippen molar-refractivity contribution in [2.75, 3.05) is 0 Å². The highest BCUT2D eigenvalue weighted by atomic mass is 19.4. The molecule has 29 heavy (non-hydrogen) atoms. The Kier molecular flexibility index (Phi) is 4.47. The minimum atomic E-state index is -4.77. The van der Waals surface area contributed by atoms with Crippen LogP contribution in [0.4, 0.5) is 26.3 Å². The molecule has 0 unspecified atom stereocenters. The molecule has 0 bridgehead atoms. The second-order valence-corrected chi connectivity index (χ2v) is 5.97. The lowest BCUT2D eigenvalue weighted by Crippen LogP contribution is -2.05. The minimum absolute atomic E-state index is 0.261. The fourth-order valence-corrected chi connectivity index (χ4v) is 2.69. The fraction of sp³-hybridized carbons (Fsp3) is 0.176. The number of hydrogen-bond donors (Lipinski definition) is 0. The van der Waals surface area contributed by atoms with Gasteiger partial charge in [0.15, 0.2) is 0 Å². The summed E-state index contributed by atoms with van der Waals surface area (Å²) in [7, 11) is 0. The molecule has 0 atom stereocenters. The third kappa shape index (κ3) is 3.65. The fourth-order valence-electron chi connectivity index (χ4n) is 2.69. The largest absolute Gasteiger partial charge is 0.470 e. The normalized spacial score (nSPS) is 12.2. The van der Waals surface area contributed by atoms with Gasteiger partial charge < -0.3 is 4.42 Å². The topological polar surface area (TPSA) is 69.6 Å². The summed E-state index contributed by atoms with van der Waals surface area (Å²) >= 11 is 0. The first-order valence-corrected chi connectivity index (χ1v) is 8.01. The molecule has 0 aliphatic heterocycles. The highest BCUT2D eigenvalue weighted by Gasteiger charge is 2.38. The Morgan fingerprint density at radius 1 is 1.03 bits per heavy atom. The van der Waals surface area contributed by atoms with Gasteiger partial charge in [-0.3, -0.25) is 9.67 Å². The first-order valence-electron chi connectivity index (χ1n) is 8.01. The molecule has 0 amide bonds. The van der Waals surface area contributed by atoms with Crippen molar-refractivity contribution in [3.63, 3.8) is 0 Å². The minimum Gasteiger partial charge on any atom is -0.415 e. The van der Waals surface area contributed by atoms with Gasteiger partial charge in [0.2, 0.25) is 5.89 Å². The van der Waals surface area contributed by atoms with Gasteiger partial charge in [-0.1, -0.05) is 6.07 Å². The van der Waals surface area contributed by atoms with Crippen LogP contribution in [0.2, 0.25) is 0 Å². The lowest BCUT2D eigenvalue weighted by molar-refractivity contribution is -0.157. The van der Waals surface area contributed by atoms with Crippen molar-refractivity contribution in [3.05, 3.63) is 59.8 Å². The Bertz CT molecular complexity index is 1180. The summed E-state index contributed by atoms with van der Waals surface area (Å²) in [6, 6.07) is 4.80. The van der Waals surface area contributed by atoms with Gasteiger partial charge in [-0.05, 0) is 23.8 Å². The summed E-state index contributed by atoms with van der Waals surface area (Å²) in [5, 5.41) is 10.3. The number of alkyl halides is 5. The summed E-state index contributed by atoms with van der Waals surface area (Å²) in [5.74, 6) is -2.83. The maximum Gasteiger partial charge on any atom is 0.470 e. The van der Waals surface area contributed by atoms with Crippen molar-refractivity contribution < 1.29 is 30.8 Å². The Morgan fingerprint density at radius 2 is 1.83 bits per heavy atom. The highest BCUT2D eigenvalue weighted by molar-refractivity contribution is 5.80. The van der Waals surface area contributed by atoms with E-state index >= 15 is 0 Å². The zero-order valence-electron chi connectivity index (χ0n) is 14.2. The summed E-state index contributed by atoms with van der Waals surface area (Å²) in [5.41, 5.74) is 0.725. The number of hydrogen-bond acceptors (Lipinski definition) is 5. The molecule has 0 saturated heterocycles. The smallest absolute Gasteiger partial charge is 0.415 e. The van der Waals surface area contributed by atoms with Gasteiger partial charge in [-0.25, -0.2) is 13.2 Å². The van der Waals surface area contributed by atoms with Gasteiger partial charge >= 0.3 is 12.1 Å². The Labute approximate surface area is 157 Å². The lowest BCUT2D eigenvalue weighted by Gasteiger charge is -2.07. The molecule has 0 radical (unpaired) electrons. The third-order valence-corrected chi connectivity index (χ3v) is 4.05. The van der Waals surface area contributed by atoms with Crippen LogP contribution in [0.15, 0.2) is 41.1 Å². The maximum absolute atomic E-state index is 13.5. The van der Waals surface area contributed by atoms with Crippen LogP contribution < -0.4 is 0 Å².